The molecule has 0 saturated heterocycles. The third kappa shape index (κ3) is 272. The summed E-state index contributed by atoms with van der Waals surface area (Å²) in [4.78, 5) is 32.1. The normalized spacial score (nSPS) is 7.43. The third-order valence-corrected chi connectivity index (χ3v) is 0.204. The number of carbonyl (C=O) groups is 1. The molecule has 0 amide bonds. The summed E-state index contributed by atoms with van der Waals surface area (Å²) >= 11 is -2.00. The first-order valence-electron chi connectivity index (χ1n) is 2.44. The minimum atomic E-state index is -4.89. The maximum absolute atomic E-state index is 9.19. The second-order valence-corrected chi connectivity index (χ2v) is 2.44. The molecule has 9 nitrogen and oxygen atoms in total. The zero-order valence-corrected chi connectivity index (χ0v) is 9.66. The Bertz CT molecular complexity index is 201. The molecule has 0 aliphatic rings. The van der Waals surface area contributed by atoms with Crippen LogP contribution in [0, 0.1) is 0 Å². The Labute approximate surface area is 99.7 Å². The van der Waals surface area contributed by atoms with Gasteiger partial charge in [-0.2, -0.15) is 0 Å². The van der Waals surface area contributed by atoms with Crippen LogP contribution in [0.3, 0.4) is 0 Å². The molecule has 0 fully saturated rings. The Kier molecular flexibility index (Phi) is 27.2. The van der Waals surface area contributed by atoms with Crippen molar-refractivity contribution in [3.8, 4) is 0 Å². The topological polar surface area (TPSA) is 182 Å². The number of carboxylic acids is 1. The van der Waals surface area contributed by atoms with Crippen LogP contribution in [-0.4, -0.2) is 22.3 Å². The summed E-state index contributed by atoms with van der Waals surface area (Å²) in [5.41, 5.74) is 3.02. The van der Waals surface area contributed by atoms with Gasteiger partial charge in [0.15, 0.2) is 0 Å². The molecule has 0 aliphatic carbocycles. The number of rotatable bonds is 1. The minimum absolute atomic E-state index is 0. The van der Waals surface area contributed by atoms with Gasteiger partial charge in [0, 0.05) is 0 Å². The fourth-order valence-corrected chi connectivity index (χ4v) is 0. The predicted octanol–water partition coefficient (Wildman–Crippen LogP) is -7.82. The van der Waals surface area contributed by atoms with Gasteiger partial charge >= 0.3 is 44.6 Å². The van der Waals surface area contributed by atoms with Crippen LogP contribution in [0.4, 0.5) is 0 Å². The number of hydrogen-bond acceptors (Lipinski definition) is 6. The molecular weight excluding hydrogens is 252 g/mol. The van der Waals surface area contributed by atoms with E-state index in [1.807, 2.05) is 0 Å². The summed E-state index contributed by atoms with van der Waals surface area (Å²) in [7, 11) is -4.89. The van der Waals surface area contributed by atoms with Crippen molar-refractivity contribution in [3.05, 3.63) is 0 Å². The van der Waals surface area contributed by atoms with E-state index in [-0.39, 0.29) is 25.4 Å². The summed E-state index contributed by atoms with van der Waals surface area (Å²) in [5, 5.41) is 9.19. The standard InChI is InChI=1S/C2H5NO2.Li.H3O4P.2O.Ti/c3-1-2(4)5;;1-5(2,3)4;;;/h1,3H2,(H,4,5);;(H3,1,2,3,4);;;/q;+1;;;;/p-1. The molecule has 0 rings (SSSR count). The van der Waals surface area contributed by atoms with Crippen molar-refractivity contribution in [3.63, 3.8) is 0 Å². The molecule has 0 saturated carbocycles. The number of phosphoric acid groups is 1. The number of carbonyl (C=O) groups excluding carboxylic acids is 1. The van der Waals surface area contributed by atoms with Crippen molar-refractivity contribution >= 4 is 13.8 Å². The molecule has 0 unspecified atom stereocenters. The molecule has 0 heterocycles. The van der Waals surface area contributed by atoms with Crippen LogP contribution in [0.2, 0.25) is 0 Å². The van der Waals surface area contributed by atoms with Gasteiger partial charge in [0.2, 0.25) is 0 Å². The number of hydrogen-bond donors (Lipinski definition) is 3. The summed E-state index contributed by atoms with van der Waals surface area (Å²) in [6.07, 6.45) is 0. The van der Waals surface area contributed by atoms with E-state index < -0.39 is 32.9 Å². The molecule has 0 aromatic heterocycles. The van der Waals surface area contributed by atoms with E-state index in [1.165, 1.54) is 0 Å². The molecule has 78 valence electrons. The summed E-state index contributed by atoms with van der Waals surface area (Å²) in [5.74, 6) is -1.11. The molecule has 14 heavy (non-hydrogen) atoms. The average Bonchev–Trinajstić information content (AvgIpc) is 1.85. The average molecular weight is 259 g/mol. The van der Waals surface area contributed by atoms with Crippen LogP contribution in [0.15, 0.2) is 0 Å². The van der Waals surface area contributed by atoms with Gasteiger partial charge in [0.1, 0.15) is 6.54 Å². The second-order valence-electron chi connectivity index (χ2n) is 1.20. The van der Waals surface area contributed by atoms with E-state index in [2.05, 4.69) is 5.73 Å². The van der Waals surface area contributed by atoms with Crippen molar-refractivity contribution in [1.82, 2.24) is 0 Å². The van der Waals surface area contributed by atoms with Crippen LogP contribution >= 0.6 is 7.82 Å². The van der Waals surface area contributed by atoms with Crippen LogP contribution in [-0.2, 0) is 35.1 Å². The Morgan fingerprint density at radius 3 is 1.50 bits per heavy atom. The first kappa shape index (κ1) is 23.9. The molecule has 5 N–H and O–H groups in total. The summed E-state index contributed by atoms with van der Waals surface area (Å²) < 4.78 is 25.8. The monoisotopic (exact) mass is 259 g/mol. The number of quaternary nitrogens is 1. The van der Waals surface area contributed by atoms with Crippen molar-refractivity contribution in [2.75, 3.05) is 6.54 Å². The Morgan fingerprint density at radius 2 is 1.50 bits per heavy atom. The zero-order chi connectivity index (χ0) is 11.5. The van der Waals surface area contributed by atoms with Gasteiger partial charge in [-0.15, -0.1) is 0 Å². The van der Waals surface area contributed by atoms with Gasteiger partial charge in [-0.1, -0.05) is 0 Å². The predicted molar refractivity (Wildman–Crippen MR) is 26.2 cm³/mol. The van der Waals surface area contributed by atoms with E-state index in [4.69, 9.17) is 25.9 Å². The molecule has 0 bridgehead atoms. The molecule has 12 heteroatoms. The number of aliphatic carboxylic acids is 1. The van der Waals surface area contributed by atoms with Crippen molar-refractivity contribution in [1.29, 1.82) is 0 Å². The Morgan fingerprint density at radius 1 is 1.43 bits per heavy atom. The van der Waals surface area contributed by atoms with Crippen LogP contribution < -0.4 is 34.6 Å². The maximum atomic E-state index is 9.19. The fraction of sp³-hybridized carbons (Fsp3) is 0.500. The van der Waals surface area contributed by atoms with E-state index in [9.17, 15) is 9.90 Å². The molecule has 0 aromatic carbocycles. The molecule has 0 aromatic rings. The molecular formula is C2H7LiNO8PTi. The van der Waals surface area contributed by atoms with Crippen LogP contribution in [0.25, 0.3) is 0 Å². The van der Waals surface area contributed by atoms with E-state index in [0.717, 1.165) is 0 Å². The van der Waals surface area contributed by atoms with Crippen LogP contribution in [0.1, 0.15) is 0 Å². The van der Waals surface area contributed by atoms with Gasteiger partial charge in [0.25, 0.3) is 7.82 Å². The second kappa shape index (κ2) is 15.9. The van der Waals surface area contributed by atoms with E-state index in [0.29, 0.717) is 0 Å². The van der Waals surface area contributed by atoms with Gasteiger partial charge in [-0.3, -0.25) is 4.57 Å². The first-order valence-corrected chi connectivity index (χ1v) is 5.24. The fourth-order valence-electron chi connectivity index (χ4n) is 0. The molecule has 0 atom stereocenters. The molecule has 0 aliphatic heterocycles. The summed E-state index contributed by atoms with van der Waals surface area (Å²) in [6.45, 7) is -0.139. The van der Waals surface area contributed by atoms with E-state index >= 15 is 0 Å². The Balaban J connectivity index is -0.0000000535. The van der Waals surface area contributed by atoms with Crippen LogP contribution in [0.5, 0.6) is 0 Å². The molecule has 0 radical (unpaired) electrons. The third-order valence-electron chi connectivity index (χ3n) is 0.204. The van der Waals surface area contributed by atoms with Gasteiger partial charge in [-0.05, 0) is 0 Å². The number of carboxylic acid groups (broad SMARTS) is 1. The summed E-state index contributed by atoms with van der Waals surface area (Å²) in [6, 6.07) is 0. The van der Waals surface area contributed by atoms with Crippen molar-refractivity contribution in [2.45, 2.75) is 0 Å². The van der Waals surface area contributed by atoms with Gasteiger partial charge in [0.05, 0.1) is 5.97 Å². The quantitative estimate of drug-likeness (QED) is 0.306. The first-order chi connectivity index (χ1) is 5.68. The molecule has 0 spiro atoms. The zero-order valence-electron chi connectivity index (χ0n) is 7.21. The van der Waals surface area contributed by atoms with Gasteiger partial charge in [-0.25, -0.2) is 0 Å². The Hall–Kier alpha value is 0.452. The van der Waals surface area contributed by atoms with Gasteiger partial charge < -0.3 is 30.3 Å². The SMILES string of the molecule is O=P([O-])(O)O.[Li+].[NH3+]CC(=O)[O-].[O]=[Ti]=[O]. The van der Waals surface area contributed by atoms with Crippen molar-refractivity contribution < 1.29 is 79.5 Å². The van der Waals surface area contributed by atoms with E-state index in [1.54, 1.807) is 0 Å². The van der Waals surface area contributed by atoms with Crippen molar-refractivity contribution in [2.24, 2.45) is 0 Å².